The van der Waals surface area contributed by atoms with Crippen LogP contribution in [0.4, 0.5) is 19.0 Å². The van der Waals surface area contributed by atoms with Crippen molar-refractivity contribution in [3.63, 3.8) is 0 Å². The summed E-state index contributed by atoms with van der Waals surface area (Å²) in [5, 5.41) is 24.7. The van der Waals surface area contributed by atoms with Crippen LogP contribution in [0.2, 0.25) is 0 Å². The quantitative estimate of drug-likeness (QED) is 0.381. The van der Waals surface area contributed by atoms with Gasteiger partial charge < -0.3 is 15.1 Å². The van der Waals surface area contributed by atoms with Crippen LogP contribution in [0, 0.1) is 11.6 Å². The Balaban J connectivity index is 1.49. The number of hydrogen-bond donors (Lipinski definition) is 2. The molecule has 1 fully saturated rings. The molecule has 0 spiro atoms. The zero-order valence-electron chi connectivity index (χ0n) is 20.9. The normalized spacial score (nSPS) is 15.2. The fourth-order valence-corrected chi connectivity index (χ4v) is 4.43. The van der Waals surface area contributed by atoms with Gasteiger partial charge in [-0.2, -0.15) is 5.10 Å². The number of hydrogen-bond acceptors (Lipinski definition) is 7. The molecule has 1 aliphatic rings. The Labute approximate surface area is 217 Å². The molecule has 0 aliphatic carbocycles. The molecule has 0 unspecified atom stereocenters. The summed E-state index contributed by atoms with van der Waals surface area (Å²) in [7, 11) is 0. The van der Waals surface area contributed by atoms with Crippen molar-refractivity contribution in [2.45, 2.75) is 45.2 Å². The minimum absolute atomic E-state index is 0.248. The number of aromatic nitrogens is 5. The topological polar surface area (TPSA) is 100 Å². The first kappa shape index (κ1) is 25.8. The van der Waals surface area contributed by atoms with Crippen LogP contribution in [0.15, 0.2) is 48.4 Å². The summed E-state index contributed by atoms with van der Waals surface area (Å²) in [6.07, 6.45) is 6.34. The van der Waals surface area contributed by atoms with E-state index in [0.29, 0.717) is 59.6 Å². The summed E-state index contributed by atoms with van der Waals surface area (Å²) in [5.74, 6) is -0.649. The maximum Gasteiger partial charge on any atom is 0.181 e. The van der Waals surface area contributed by atoms with Gasteiger partial charge in [-0.1, -0.05) is 11.6 Å². The third kappa shape index (κ3) is 5.25. The largest absolute Gasteiger partial charge is 0.387 e. The predicted molar refractivity (Wildman–Crippen MR) is 137 cm³/mol. The lowest BCUT2D eigenvalue weighted by atomic mass is 9.98. The van der Waals surface area contributed by atoms with E-state index in [2.05, 4.69) is 10.1 Å². The number of benzene rings is 1. The van der Waals surface area contributed by atoms with Crippen LogP contribution in [0.25, 0.3) is 28.4 Å². The Bertz CT molecular complexity index is 1500. The van der Waals surface area contributed by atoms with Gasteiger partial charge in [0.15, 0.2) is 12.6 Å². The highest BCUT2D eigenvalue weighted by atomic mass is 19.1. The van der Waals surface area contributed by atoms with Crippen LogP contribution < -0.4 is 4.90 Å². The molecule has 5 rings (SSSR count). The summed E-state index contributed by atoms with van der Waals surface area (Å²) < 4.78 is 41.8. The van der Waals surface area contributed by atoms with E-state index < -0.39 is 30.1 Å². The third-order valence-electron chi connectivity index (χ3n) is 6.56. The monoisotopic (exact) mass is 524 g/mol. The highest BCUT2D eigenvalue weighted by Crippen LogP contribution is 2.33. The van der Waals surface area contributed by atoms with Crippen molar-refractivity contribution in [3.8, 4) is 11.3 Å². The fraction of sp³-hybridized carbons (Fsp3) is 0.333. The smallest absolute Gasteiger partial charge is 0.181 e. The Morgan fingerprint density at radius 1 is 1.08 bits per heavy atom. The van der Waals surface area contributed by atoms with Gasteiger partial charge in [-0.25, -0.2) is 27.8 Å². The summed E-state index contributed by atoms with van der Waals surface area (Å²) in [6, 6.07) is 5.11. The minimum Gasteiger partial charge on any atom is -0.387 e. The summed E-state index contributed by atoms with van der Waals surface area (Å²) >= 11 is 0. The summed E-state index contributed by atoms with van der Waals surface area (Å²) in [5.41, 5.74) is 2.21. The van der Waals surface area contributed by atoms with Gasteiger partial charge in [-0.15, -0.1) is 0 Å². The van der Waals surface area contributed by atoms with Crippen LogP contribution in [0.5, 0.6) is 0 Å². The van der Waals surface area contributed by atoms with Crippen LogP contribution in [-0.2, 0) is 6.80 Å². The number of nitrogens with zero attached hydrogens (tertiary/aromatic N) is 6. The number of piperidine rings is 1. The van der Waals surface area contributed by atoms with E-state index in [1.54, 1.807) is 18.3 Å². The molecule has 1 atom stereocenters. The van der Waals surface area contributed by atoms with Gasteiger partial charge in [-0.05, 0) is 44.9 Å². The summed E-state index contributed by atoms with van der Waals surface area (Å²) in [4.78, 5) is 15.9. The highest BCUT2D eigenvalue weighted by Gasteiger charge is 2.28. The number of aliphatic hydroxyl groups excluding tert-OH is 1. The first-order valence-corrected chi connectivity index (χ1v) is 12.2. The van der Waals surface area contributed by atoms with Crippen molar-refractivity contribution in [1.29, 1.82) is 0 Å². The SMILES string of the molecule is CC(C)(O)[C@H](O)c1cc2nc(-c3cnn(CF)c3)c(N3CCC(=Cc4ccc(F)cc4F)CC3)nc2cn1. The van der Waals surface area contributed by atoms with Gasteiger partial charge in [0.25, 0.3) is 0 Å². The second-order valence-corrected chi connectivity index (χ2v) is 9.89. The van der Waals surface area contributed by atoms with Crippen molar-refractivity contribution < 1.29 is 23.4 Å². The highest BCUT2D eigenvalue weighted by molar-refractivity contribution is 5.83. The minimum atomic E-state index is -1.41. The number of alkyl halides is 1. The van der Waals surface area contributed by atoms with Crippen molar-refractivity contribution in [2.24, 2.45) is 0 Å². The van der Waals surface area contributed by atoms with E-state index in [0.717, 1.165) is 16.3 Å². The molecule has 0 saturated carbocycles. The van der Waals surface area contributed by atoms with Crippen LogP contribution in [-0.4, -0.2) is 53.6 Å². The molecule has 1 saturated heterocycles. The van der Waals surface area contributed by atoms with E-state index in [9.17, 15) is 23.4 Å². The van der Waals surface area contributed by atoms with Gasteiger partial charge >= 0.3 is 0 Å². The lowest BCUT2D eigenvalue weighted by Gasteiger charge is -2.31. The molecule has 3 aromatic heterocycles. The Hall–Kier alpha value is -3.83. The second-order valence-electron chi connectivity index (χ2n) is 9.89. The second kappa shape index (κ2) is 10.1. The number of aliphatic hydroxyl groups is 2. The predicted octanol–water partition coefficient (Wildman–Crippen LogP) is 4.58. The molecular formula is C27H27F3N6O2. The Kier molecular flexibility index (Phi) is 6.89. The average Bonchev–Trinajstić information content (AvgIpc) is 3.38. The summed E-state index contributed by atoms with van der Waals surface area (Å²) in [6.45, 7) is 3.32. The van der Waals surface area contributed by atoms with Gasteiger partial charge in [0.05, 0.1) is 29.2 Å². The van der Waals surface area contributed by atoms with Gasteiger partial charge in [0, 0.05) is 36.5 Å². The molecule has 4 heterocycles. The molecule has 198 valence electrons. The molecule has 8 nitrogen and oxygen atoms in total. The molecular weight excluding hydrogens is 497 g/mol. The molecule has 38 heavy (non-hydrogen) atoms. The molecule has 1 aromatic carbocycles. The Morgan fingerprint density at radius 3 is 2.50 bits per heavy atom. The van der Waals surface area contributed by atoms with Crippen LogP contribution in [0.3, 0.4) is 0 Å². The Morgan fingerprint density at radius 2 is 1.84 bits per heavy atom. The maximum atomic E-state index is 14.1. The number of pyridine rings is 1. The van der Waals surface area contributed by atoms with Crippen molar-refractivity contribution >= 4 is 22.9 Å². The van der Waals surface area contributed by atoms with Crippen molar-refractivity contribution in [2.75, 3.05) is 18.0 Å². The fourth-order valence-electron chi connectivity index (χ4n) is 4.43. The van der Waals surface area contributed by atoms with Crippen molar-refractivity contribution in [3.05, 3.63) is 71.3 Å². The van der Waals surface area contributed by atoms with E-state index >= 15 is 0 Å². The third-order valence-corrected chi connectivity index (χ3v) is 6.56. The van der Waals surface area contributed by atoms with Gasteiger partial charge in [-0.3, -0.25) is 4.98 Å². The van der Waals surface area contributed by atoms with E-state index in [-0.39, 0.29) is 5.69 Å². The van der Waals surface area contributed by atoms with Gasteiger partial charge in [0.1, 0.15) is 28.9 Å². The van der Waals surface area contributed by atoms with Crippen molar-refractivity contribution in [1.82, 2.24) is 24.7 Å². The number of fused-ring (bicyclic) bond motifs is 1. The first-order valence-electron chi connectivity index (χ1n) is 12.2. The molecule has 4 aromatic rings. The molecule has 0 bridgehead atoms. The molecule has 11 heteroatoms. The average molecular weight is 525 g/mol. The van der Waals surface area contributed by atoms with Gasteiger partial charge in [0.2, 0.25) is 0 Å². The zero-order valence-corrected chi connectivity index (χ0v) is 20.9. The van der Waals surface area contributed by atoms with E-state index in [4.69, 9.17) is 9.97 Å². The standard InChI is InChI=1S/C27H27F3N6O2/c1-27(2,38)25(37)22-11-21-23(13-31-22)34-26(24(33-21)18-12-32-36(14-18)15-28)35-7-5-16(6-8-35)9-17-3-4-19(29)10-20(17)30/h3-4,9-14,25,37-38H,5-8,15H2,1-2H3/t25-/m1/s1. The molecule has 0 radical (unpaired) electrons. The van der Waals surface area contributed by atoms with Crippen LogP contribution in [0.1, 0.15) is 44.1 Å². The number of halogens is 3. The maximum absolute atomic E-state index is 14.1. The van der Waals surface area contributed by atoms with E-state index in [1.165, 1.54) is 38.4 Å². The van der Waals surface area contributed by atoms with E-state index in [1.807, 2.05) is 4.90 Å². The number of anilines is 1. The zero-order chi connectivity index (χ0) is 27.0. The lowest BCUT2D eigenvalue weighted by Crippen LogP contribution is -2.32. The molecule has 2 N–H and O–H groups in total. The lowest BCUT2D eigenvalue weighted by molar-refractivity contribution is -0.0516. The number of rotatable bonds is 6. The van der Waals surface area contributed by atoms with Crippen LogP contribution >= 0.6 is 0 Å². The molecule has 1 aliphatic heterocycles. The molecule has 0 amide bonds. The first-order chi connectivity index (χ1) is 18.1.